The topological polar surface area (TPSA) is 49.4 Å². The fourth-order valence-electron chi connectivity index (χ4n) is 3.24. The molecular weight excluding hydrogens is 252 g/mol. The van der Waals surface area contributed by atoms with Gasteiger partial charge in [0.25, 0.3) is 0 Å². The van der Waals surface area contributed by atoms with Crippen molar-refractivity contribution in [3.8, 4) is 0 Å². The van der Waals surface area contributed by atoms with Crippen molar-refractivity contribution in [3.63, 3.8) is 0 Å². The molecule has 2 atom stereocenters. The van der Waals surface area contributed by atoms with Crippen LogP contribution in [0.4, 0.5) is 0 Å². The molecule has 0 spiro atoms. The molecule has 1 N–H and O–H groups in total. The summed E-state index contributed by atoms with van der Waals surface area (Å²) in [4.78, 5) is 25.8. The molecular formula is C16H20N2O2. The van der Waals surface area contributed by atoms with Crippen LogP contribution in [0.25, 0.3) is 0 Å². The van der Waals surface area contributed by atoms with Gasteiger partial charge in [-0.15, -0.1) is 0 Å². The van der Waals surface area contributed by atoms with Gasteiger partial charge in [-0.1, -0.05) is 30.3 Å². The van der Waals surface area contributed by atoms with Crippen LogP contribution in [-0.2, 0) is 16.0 Å². The molecule has 1 aromatic rings. The highest BCUT2D eigenvalue weighted by atomic mass is 16.2. The van der Waals surface area contributed by atoms with Gasteiger partial charge < -0.3 is 10.2 Å². The maximum atomic E-state index is 12.5. The molecule has 2 aliphatic heterocycles. The van der Waals surface area contributed by atoms with Crippen LogP contribution in [0.1, 0.15) is 24.8 Å². The van der Waals surface area contributed by atoms with Crippen LogP contribution in [0.5, 0.6) is 0 Å². The molecule has 2 heterocycles. The first-order valence-corrected chi connectivity index (χ1v) is 7.35. The van der Waals surface area contributed by atoms with E-state index < -0.39 is 0 Å². The zero-order valence-electron chi connectivity index (χ0n) is 11.5. The van der Waals surface area contributed by atoms with E-state index in [1.165, 1.54) is 5.56 Å². The lowest BCUT2D eigenvalue weighted by molar-refractivity contribution is -0.136. The molecule has 106 valence electrons. The van der Waals surface area contributed by atoms with Crippen molar-refractivity contribution in [1.82, 2.24) is 10.2 Å². The summed E-state index contributed by atoms with van der Waals surface area (Å²) in [6.07, 6.45) is 3.40. The van der Waals surface area contributed by atoms with Crippen LogP contribution in [0.2, 0.25) is 0 Å². The normalized spacial score (nSPS) is 25.8. The van der Waals surface area contributed by atoms with E-state index in [0.29, 0.717) is 19.0 Å². The number of carbonyl (C=O) groups is 2. The number of carbonyl (C=O) groups excluding carboxylic acids is 2. The largest absolute Gasteiger partial charge is 0.355 e. The molecule has 0 saturated carbocycles. The van der Waals surface area contributed by atoms with Gasteiger partial charge in [0.2, 0.25) is 11.8 Å². The predicted molar refractivity (Wildman–Crippen MR) is 76.0 cm³/mol. The summed E-state index contributed by atoms with van der Waals surface area (Å²) < 4.78 is 0. The Kier molecular flexibility index (Phi) is 3.72. The number of benzene rings is 1. The quantitative estimate of drug-likeness (QED) is 0.903. The number of likely N-dealkylation sites (tertiary alicyclic amines) is 1. The number of hydrogen-bond donors (Lipinski definition) is 1. The second-order valence-electron chi connectivity index (χ2n) is 5.72. The maximum Gasteiger partial charge on any atom is 0.228 e. The van der Waals surface area contributed by atoms with Crippen LogP contribution in [0.15, 0.2) is 30.3 Å². The summed E-state index contributed by atoms with van der Waals surface area (Å²) >= 11 is 0. The smallest absolute Gasteiger partial charge is 0.228 e. The van der Waals surface area contributed by atoms with Gasteiger partial charge in [-0.3, -0.25) is 9.59 Å². The molecule has 3 rings (SSSR count). The van der Waals surface area contributed by atoms with Gasteiger partial charge in [0.1, 0.15) is 0 Å². The third-order valence-corrected chi connectivity index (χ3v) is 4.30. The summed E-state index contributed by atoms with van der Waals surface area (Å²) in [6.45, 7) is 1.34. The highest BCUT2D eigenvalue weighted by Crippen LogP contribution is 2.25. The predicted octanol–water partition coefficient (Wildman–Crippen LogP) is 1.36. The molecule has 2 saturated heterocycles. The van der Waals surface area contributed by atoms with Crippen LogP contribution in [0, 0.1) is 5.92 Å². The number of rotatable bonds is 3. The van der Waals surface area contributed by atoms with Crippen molar-refractivity contribution < 1.29 is 9.59 Å². The molecule has 1 aromatic carbocycles. The van der Waals surface area contributed by atoms with Gasteiger partial charge >= 0.3 is 0 Å². The lowest BCUT2D eigenvalue weighted by Gasteiger charge is -2.27. The van der Waals surface area contributed by atoms with Crippen molar-refractivity contribution in [2.24, 2.45) is 5.92 Å². The number of nitrogens with zero attached hydrogens (tertiary/aromatic N) is 1. The number of nitrogens with one attached hydrogen (secondary N) is 1. The van der Waals surface area contributed by atoms with Crippen LogP contribution in [-0.4, -0.2) is 35.8 Å². The monoisotopic (exact) mass is 272 g/mol. The molecule has 2 unspecified atom stereocenters. The Balaban J connectivity index is 1.66. The second kappa shape index (κ2) is 5.65. The molecule has 2 amide bonds. The minimum atomic E-state index is -0.154. The van der Waals surface area contributed by atoms with Crippen molar-refractivity contribution in [1.29, 1.82) is 0 Å². The Morgan fingerprint density at radius 3 is 2.80 bits per heavy atom. The fourth-order valence-corrected chi connectivity index (χ4v) is 3.24. The Morgan fingerprint density at radius 1 is 1.30 bits per heavy atom. The zero-order valence-corrected chi connectivity index (χ0v) is 11.5. The average molecular weight is 272 g/mol. The van der Waals surface area contributed by atoms with Crippen LogP contribution in [0.3, 0.4) is 0 Å². The Morgan fingerprint density at radius 2 is 2.10 bits per heavy atom. The van der Waals surface area contributed by atoms with Crippen molar-refractivity contribution in [2.75, 3.05) is 13.1 Å². The van der Waals surface area contributed by atoms with Crippen molar-refractivity contribution in [3.05, 3.63) is 35.9 Å². The lowest BCUT2D eigenvalue weighted by atomic mass is 10.0. The standard InChI is InChI=1S/C16H20N2O2/c19-15-10-13(11-17-15)16(20)18-8-4-7-14(18)9-12-5-2-1-3-6-12/h1-3,5-6,13-14H,4,7-11H2,(H,17,19). The highest BCUT2D eigenvalue weighted by molar-refractivity contribution is 5.89. The minimum Gasteiger partial charge on any atom is -0.355 e. The second-order valence-corrected chi connectivity index (χ2v) is 5.72. The van der Waals surface area contributed by atoms with E-state index in [9.17, 15) is 9.59 Å². The third-order valence-electron chi connectivity index (χ3n) is 4.30. The molecule has 2 aliphatic rings. The number of hydrogen-bond acceptors (Lipinski definition) is 2. The molecule has 4 nitrogen and oxygen atoms in total. The van der Waals surface area contributed by atoms with E-state index in [2.05, 4.69) is 17.4 Å². The van der Waals surface area contributed by atoms with Gasteiger partial charge in [-0.25, -0.2) is 0 Å². The molecule has 2 fully saturated rings. The molecule has 0 bridgehead atoms. The van der Waals surface area contributed by atoms with E-state index in [1.807, 2.05) is 23.1 Å². The Hall–Kier alpha value is -1.84. The average Bonchev–Trinajstić information content (AvgIpc) is 3.08. The summed E-state index contributed by atoms with van der Waals surface area (Å²) in [6, 6.07) is 10.6. The summed E-state index contributed by atoms with van der Waals surface area (Å²) in [7, 11) is 0. The van der Waals surface area contributed by atoms with Gasteiger partial charge in [-0.2, -0.15) is 0 Å². The first kappa shape index (κ1) is 13.2. The minimum absolute atomic E-state index is 0.00200. The summed E-state index contributed by atoms with van der Waals surface area (Å²) in [5.74, 6) is 0.00260. The van der Waals surface area contributed by atoms with Gasteiger partial charge in [0.15, 0.2) is 0 Å². The third kappa shape index (κ3) is 2.69. The van der Waals surface area contributed by atoms with Gasteiger partial charge in [0.05, 0.1) is 5.92 Å². The maximum absolute atomic E-state index is 12.5. The molecule has 0 aliphatic carbocycles. The highest BCUT2D eigenvalue weighted by Gasteiger charge is 2.36. The van der Waals surface area contributed by atoms with Gasteiger partial charge in [0, 0.05) is 25.6 Å². The van der Waals surface area contributed by atoms with E-state index >= 15 is 0 Å². The van der Waals surface area contributed by atoms with Crippen LogP contribution >= 0.6 is 0 Å². The van der Waals surface area contributed by atoms with Gasteiger partial charge in [-0.05, 0) is 24.8 Å². The van der Waals surface area contributed by atoms with E-state index in [4.69, 9.17) is 0 Å². The summed E-state index contributed by atoms with van der Waals surface area (Å²) in [5.41, 5.74) is 1.28. The Bertz CT molecular complexity index is 500. The fraction of sp³-hybridized carbons (Fsp3) is 0.500. The lowest BCUT2D eigenvalue weighted by Crippen LogP contribution is -2.41. The molecule has 0 aromatic heterocycles. The first-order chi connectivity index (χ1) is 9.74. The van der Waals surface area contributed by atoms with E-state index in [1.54, 1.807) is 0 Å². The van der Waals surface area contributed by atoms with E-state index in [-0.39, 0.29) is 17.7 Å². The molecule has 4 heteroatoms. The summed E-state index contributed by atoms with van der Waals surface area (Å²) in [5, 5.41) is 2.75. The molecule has 0 radical (unpaired) electrons. The SMILES string of the molecule is O=C1CC(C(=O)N2CCCC2Cc2ccccc2)CN1. The first-order valence-electron chi connectivity index (χ1n) is 7.35. The number of amides is 2. The zero-order chi connectivity index (χ0) is 13.9. The van der Waals surface area contributed by atoms with Crippen molar-refractivity contribution in [2.45, 2.75) is 31.7 Å². The van der Waals surface area contributed by atoms with Crippen molar-refractivity contribution >= 4 is 11.8 Å². The van der Waals surface area contributed by atoms with E-state index in [0.717, 1.165) is 25.8 Å². The van der Waals surface area contributed by atoms with Crippen LogP contribution < -0.4 is 5.32 Å². The molecule has 20 heavy (non-hydrogen) atoms. The Labute approximate surface area is 119 Å².